The Hall–Kier alpha value is -0.610. The number of amides is 1. The fourth-order valence-electron chi connectivity index (χ4n) is 3.25. The van der Waals surface area contributed by atoms with E-state index in [2.05, 4.69) is 16.7 Å². The van der Waals surface area contributed by atoms with Crippen molar-refractivity contribution in [2.24, 2.45) is 11.7 Å². The third kappa shape index (κ3) is 3.93. The Balaban J connectivity index is 1.73. The summed E-state index contributed by atoms with van der Waals surface area (Å²) in [5.74, 6) is 1.07. The van der Waals surface area contributed by atoms with E-state index in [1.54, 1.807) is 0 Å². The average Bonchev–Trinajstić information content (AvgIpc) is 2.40. The molecule has 1 heterocycles. The first-order valence-electron chi connectivity index (χ1n) is 7.96. The summed E-state index contributed by atoms with van der Waals surface area (Å²) < 4.78 is 0. The van der Waals surface area contributed by atoms with Crippen molar-refractivity contribution in [3.63, 3.8) is 0 Å². The van der Waals surface area contributed by atoms with Crippen LogP contribution in [0.15, 0.2) is 0 Å². The van der Waals surface area contributed by atoms with Crippen LogP contribution in [0.2, 0.25) is 0 Å². The van der Waals surface area contributed by atoms with Crippen LogP contribution in [0, 0.1) is 5.92 Å². The van der Waals surface area contributed by atoms with Crippen molar-refractivity contribution in [2.45, 2.75) is 51.5 Å². The zero-order valence-electron chi connectivity index (χ0n) is 12.3. The van der Waals surface area contributed by atoms with Crippen LogP contribution >= 0.6 is 0 Å². The minimum atomic E-state index is 0.385. The van der Waals surface area contributed by atoms with E-state index >= 15 is 0 Å². The molecule has 0 bridgehead atoms. The van der Waals surface area contributed by atoms with Crippen LogP contribution in [0.1, 0.15) is 45.4 Å². The zero-order chi connectivity index (χ0) is 13.7. The van der Waals surface area contributed by atoms with Gasteiger partial charge in [0.25, 0.3) is 0 Å². The maximum absolute atomic E-state index is 12.2. The van der Waals surface area contributed by atoms with Crippen molar-refractivity contribution in [3.05, 3.63) is 0 Å². The van der Waals surface area contributed by atoms with Crippen molar-refractivity contribution < 1.29 is 4.79 Å². The summed E-state index contributed by atoms with van der Waals surface area (Å²) >= 11 is 0. The highest BCUT2D eigenvalue weighted by molar-refractivity contribution is 5.76. The minimum Gasteiger partial charge on any atom is -0.340 e. The second-order valence-corrected chi connectivity index (χ2v) is 6.06. The quantitative estimate of drug-likeness (QED) is 0.792. The molecule has 2 aliphatic rings. The van der Waals surface area contributed by atoms with E-state index in [9.17, 15) is 4.79 Å². The first-order valence-corrected chi connectivity index (χ1v) is 7.96. The monoisotopic (exact) mass is 267 g/mol. The number of hydrogen-bond donors (Lipinski definition) is 1. The molecule has 2 fully saturated rings. The number of carbonyl (C=O) groups is 1. The second kappa shape index (κ2) is 7.25. The van der Waals surface area contributed by atoms with Gasteiger partial charge in [-0.25, -0.2) is 0 Å². The first-order chi connectivity index (χ1) is 9.24. The van der Waals surface area contributed by atoms with Gasteiger partial charge in [0.05, 0.1) is 0 Å². The van der Waals surface area contributed by atoms with E-state index in [0.29, 0.717) is 17.9 Å². The van der Waals surface area contributed by atoms with Crippen molar-refractivity contribution in [1.29, 1.82) is 0 Å². The number of hydrogen-bond acceptors (Lipinski definition) is 3. The van der Waals surface area contributed by atoms with Gasteiger partial charge >= 0.3 is 0 Å². The smallest absolute Gasteiger partial charge is 0.222 e. The summed E-state index contributed by atoms with van der Waals surface area (Å²) in [6.07, 6.45) is 6.88. The van der Waals surface area contributed by atoms with E-state index in [4.69, 9.17) is 5.73 Å². The molecule has 2 N–H and O–H groups in total. The Morgan fingerprint density at radius 1 is 1.26 bits per heavy atom. The maximum atomic E-state index is 12.2. The second-order valence-electron chi connectivity index (χ2n) is 6.06. The molecule has 1 aliphatic heterocycles. The molecule has 0 aromatic carbocycles. The molecule has 4 nitrogen and oxygen atoms in total. The van der Waals surface area contributed by atoms with E-state index < -0.39 is 0 Å². The third-order valence-corrected chi connectivity index (χ3v) is 4.84. The van der Waals surface area contributed by atoms with Crippen LogP contribution in [0.4, 0.5) is 0 Å². The lowest BCUT2D eigenvalue weighted by molar-refractivity contribution is -0.135. The Morgan fingerprint density at radius 2 is 1.95 bits per heavy atom. The summed E-state index contributed by atoms with van der Waals surface area (Å²) in [7, 11) is 0. The topological polar surface area (TPSA) is 49.6 Å². The summed E-state index contributed by atoms with van der Waals surface area (Å²) in [6.45, 7) is 6.86. The summed E-state index contributed by atoms with van der Waals surface area (Å²) in [5.41, 5.74) is 5.67. The lowest BCUT2D eigenvalue weighted by Gasteiger charge is -2.40. The lowest BCUT2D eigenvalue weighted by Crippen LogP contribution is -2.52. The minimum absolute atomic E-state index is 0.385. The van der Waals surface area contributed by atoms with Crippen molar-refractivity contribution in [3.8, 4) is 0 Å². The highest BCUT2D eigenvalue weighted by atomic mass is 16.2. The summed E-state index contributed by atoms with van der Waals surface area (Å²) in [4.78, 5) is 16.7. The third-order valence-electron chi connectivity index (χ3n) is 4.84. The van der Waals surface area contributed by atoms with Crippen LogP contribution in [0.25, 0.3) is 0 Å². The van der Waals surface area contributed by atoms with Crippen LogP contribution in [0.5, 0.6) is 0 Å². The van der Waals surface area contributed by atoms with Crippen LogP contribution < -0.4 is 5.73 Å². The predicted molar refractivity (Wildman–Crippen MR) is 77.9 cm³/mol. The Bertz CT molecular complexity index is 283. The number of rotatable bonds is 6. The van der Waals surface area contributed by atoms with E-state index in [1.165, 1.54) is 19.3 Å². The van der Waals surface area contributed by atoms with Gasteiger partial charge in [-0.2, -0.15) is 0 Å². The fraction of sp³-hybridized carbons (Fsp3) is 0.933. The predicted octanol–water partition coefficient (Wildman–Crippen LogP) is 1.45. The van der Waals surface area contributed by atoms with E-state index in [-0.39, 0.29) is 0 Å². The molecule has 110 valence electrons. The average molecular weight is 267 g/mol. The van der Waals surface area contributed by atoms with E-state index in [1.807, 2.05) is 0 Å². The molecule has 4 heteroatoms. The fourth-order valence-corrected chi connectivity index (χ4v) is 3.25. The number of nitrogens with two attached hydrogens (primary N) is 1. The molecule has 0 aromatic heterocycles. The Morgan fingerprint density at radius 3 is 2.42 bits per heavy atom. The molecule has 1 atom stereocenters. The number of carbonyl (C=O) groups excluding carboxylic acids is 1. The zero-order valence-corrected chi connectivity index (χ0v) is 12.3. The Kier molecular flexibility index (Phi) is 5.64. The van der Waals surface area contributed by atoms with Crippen LogP contribution in [0.3, 0.4) is 0 Å². The standard InChI is InChI=1S/C15H29N3O/c1-2-14(6-7-16)17-8-10-18(11-9-17)15(19)12-13-4-3-5-13/h13-14H,2-12,16H2,1H3. The van der Waals surface area contributed by atoms with Gasteiger partial charge in [-0.05, 0) is 38.1 Å². The molecule has 19 heavy (non-hydrogen) atoms. The van der Waals surface area contributed by atoms with Gasteiger partial charge in [-0.1, -0.05) is 13.3 Å². The van der Waals surface area contributed by atoms with Crippen LogP contribution in [-0.4, -0.2) is 54.5 Å². The van der Waals surface area contributed by atoms with E-state index in [0.717, 1.165) is 52.0 Å². The van der Waals surface area contributed by atoms with Crippen molar-refractivity contribution in [1.82, 2.24) is 9.80 Å². The molecule has 2 rings (SSSR count). The molecule has 1 saturated heterocycles. The first kappa shape index (κ1) is 14.8. The summed E-state index contributed by atoms with van der Waals surface area (Å²) in [5, 5.41) is 0. The van der Waals surface area contributed by atoms with Crippen LogP contribution in [-0.2, 0) is 4.79 Å². The molecular formula is C15H29N3O. The SMILES string of the molecule is CCC(CCN)N1CCN(C(=O)CC2CCC2)CC1. The van der Waals surface area contributed by atoms with Crippen molar-refractivity contribution >= 4 is 5.91 Å². The number of nitrogens with zero attached hydrogens (tertiary/aromatic N) is 2. The normalized spacial score (nSPS) is 23.2. The molecule has 1 saturated carbocycles. The summed E-state index contributed by atoms with van der Waals surface area (Å²) in [6, 6.07) is 0.605. The van der Waals surface area contributed by atoms with Gasteiger partial charge in [-0.3, -0.25) is 9.69 Å². The van der Waals surface area contributed by atoms with Gasteiger partial charge < -0.3 is 10.6 Å². The van der Waals surface area contributed by atoms with Gasteiger partial charge in [-0.15, -0.1) is 0 Å². The van der Waals surface area contributed by atoms with Gasteiger partial charge in [0.1, 0.15) is 0 Å². The molecule has 1 amide bonds. The molecule has 0 spiro atoms. The van der Waals surface area contributed by atoms with Gasteiger partial charge in [0.2, 0.25) is 5.91 Å². The van der Waals surface area contributed by atoms with Crippen molar-refractivity contribution in [2.75, 3.05) is 32.7 Å². The van der Waals surface area contributed by atoms with Gasteiger partial charge in [0, 0.05) is 38.6 Å². The molecule has 1 unspecified atom stereocenters. The molecule has 0 aromatic rings. The molecule has 0 radical (unpaired) electrons. The highest BCUT2D eigenvalue weighted by Crippen LogP contribution is 2.30. The largest absolute Gasteiger partial charge is 0.340 e. The molecular weight excluding hydrogens is 238 g/mol. The van der Waals surface area contributed by atoms with Gasteiger partial charge in [0.15, 0.2) is 0 Å². The maximum Gasteiger partial charge on any atom is 0.222 e. The molecule has 1 aliphatic carbocycles. The highest BCUT2D eigenvalue weighted by Gasteiger charge is 2.27. The lowest BCUT2D eigenvalue weighted by atomic mass is 9.82. The Labute approximate surface area is 117 Å². The number of piperazine rings is 1.